The summed E-state index contributed by atoms with van der Waals surface area (Å²) in [6.45, 7) is 27.2. The van der Waals surface area contributed by atoms with Gasteiger partial charge >= 0.3 is 35.2 Å². The number of aromatic nitrogens is 6. The molecule has 706 valence electrons. The fourth-order valence-corrected chi connectivity index (χ4v) is 22.0. The molecular weight excluding hydrogens is 1840 g/mol. The Kier molecular flexibility index (Phi) is 27.0. The van der Waals surface area contributed by atoms with Crippen LogP contribution in [0.1, 0.15) is 146 Å². The Labute approximate surface area is 760 Å². The Balaban J connectivity index is 0.000000116. The number of amides is 6. The number of hydrogen-bond acceptors (Lipinski definition) is 31. The van der Waals surface area contributed by atoms with Gasteiger partial charge in [0, 0.05) is 89.8 Å². The third kappa shape index (κ3) is 16.5. The molecule has 9 N–H and O–H groups in total. The van der Waals surface area contributed by atoms with Crippen LogP contribution in [0.2, 0.25) is 0 Å². The summed E-state index contributed by atoms with van der Waals surface area (Å²) >= 11 is 1.90. The van der Waals surface area contributed by atoms with Gasteiger partial charge in [-0.05, 0) is 101 Å². The van der Waals surface area contributed by atoms with Crippen LogP contribution in [0, 0.1) is 45.0 Å². The molecule has 43 nitrogen and oxygen atoms in total. The van der Waals surface area contributed by atoms with Gasteiger partial charge in [0.15, 0.2) is 37.4 Å². The zero-order valence-corrected chi connectivity index (χ0v) is 76.7. The molecule has 0 radical (unpaired) electrons. The number of carbonyl (C=O) groups excluding carboxylic acids is 3. The number of rotatable bonds is 20. The second-order valence-electron chi connectivity index (χ2n) is 35.3. The average molecular weight is 1950 g/mol. The lowest BCUT2D eigenvalue weighted by molar-refractivity contribution is -0.190. The van der Waals surface area contributed by atoms with E-state index in [-0.39, 0.29) is 114 Å². The highest BCUT2D eigenvalue weighted by atomic mass is 127. The van der Waals surface area contributed by atoms with E-state index in [1.807, 2.05) is 49.4 Å². The van der Waals surface area contributed by atoms with Gasteiger partial charge in [-0.3, -0.25) is 73.7 Å². The zero-order chi connectivity index (χ0) is 92.8. The van der Waals surface area contributed by atoms with Crippen molar-refractivity contribution in [2.75, 3.05) is 52.9 Å². The molecule has 18 aliphatic heterocycles. The Morgan fingerprint density at radius 1 is 0.523 bits per heavy atom. The van der Waals surface area contributed by atoms with E-state index in [1.54, 1.807) is 43.3 Å². The second-order valence-corrected chi connectivity index (χ2v) is 37.8. The van der Waals surface area contributed by atoms with Crippen molar-refractivity contribution >= 4 is 49.2 Å². The Bertz CT molecular complexity index is 5370. The molecule has 28 unspecified atom stereocenters. The molecule has 0 spiro atoms. The van der Waals surface area contributed by atoms with Gasteiger partial charge in [-0.15, -0.1) is 6.42 Å². The first-order valence-corrected chi connectivity index (χ1v) is 45.9. The molecule has 21 rings (SSSR count). The number of ether oxygens (including phenoxy) is 15. The number of carbonyl (C=O) groups is 3. The van der Waals surface area contributed by atoms with Gasteiger partial charge in [0.25, 0.3) is 25.2 Å². The van der Waals surface area contributed by atoms with E-state index in [0.29, 0.717) is 49.4 Å². The largest absolute Gasteiger partial charge is 0.474 e. The Morgan fingerprint density at radius 3 is 1.32 bits per heavy atom. The van der Waals surface area contributed by atoms with Crippen LogP contribution >= 0.6 is 31.1 Å². The predicted octanol–water partition coefficient (Wildman–Crippen LogP) is 3.31. The number of aliphatic hydroxyl groups is 3. The lowest BCUT2D eigenvalue weighted by Gasteiger charge is -2.38. The van der Waals surface area contributed by atoms with Crippen LogP contribution in [-0.4, -0.2) is 272 Å². The van der Waals surface area contributed by atoms with Crippen molar-refractivity contribution in [1.82, 2.24) is 64.0 Å². The average Bonchev–Trinajstić information content (AvgIpc) is 1.58. The molecule has 45 heteroatoms. The second kappa shape index (κ2) is 37.2. The summed E-state index contributed by atoms with van der Waals surface area (Å²) in [5.41, 5.74) is -3.71. The minimum Gasteiger partial charge on any atom is -0.474 e. The van der Waals surface area contributed by atoms with Crippen molar-refractivity contribution in [3.63, 3.8) is 0 Å². The summed E-state index contributed by atoms with van der Waals surface area (Å²) < 4.78 is 106. The van der Waals surface area contributed by atoms with E-state index in [4.69, 9.17) is 91.8 Å². The van der Waals surface area contributed by atoms with E-state index < -0.39 is 152 Å². The third-order valence-corrected chi connectivity index (χ3v) is 30.6. The first-order chi connectivity index (χ1) is 62.2. The molecule has 0 saturated carbocycles. The summed E-state index contributed by atoms with van der Waals surface area (Å²) in [6.07, 6.45) is 19.7. The lowest BCUT2D eigenvalue weighted by atomic mass is 9.88. The molecule has 3 aromatic rings. The van der Waals surface area contributed by atoms with Crippen LogP contribution in [0.15, 0.2) is 126 Å². The number of terminal acetylenes is 1. The first-order valence-electron chi connectivity index (χ1n) is 43.7. The van der Waals surface area contributed by atoms with Gasteiger partial charge in [0.1, 0.15) is 77.3 Å². The monoisotopic (exact) mass is 1950 g/mol. The van der Waals surface area contributed by atoms with Crippen molar-refractivity contribution in [2.24, 2.45) is 17.8 Å². The standard InChI is InChI=1S/C22H33N4O6P.C14H16N2O4.C13H16N2O5.C12H15IN2O4.C12H14N2O6.C12H16N2O4/c1-6-22-13-29-17(20(31-22)25-12-16-8-11-28-19(16)24-21(25)27)18(22)32-33(30-10-7-9-23)26(14(2)3)15(4)5;1-4-9-6-16(13(18)15-11(9)17)12-10-8(3)14(5-2,20-12)7-19-10;1-2-13-6-19-8(9(13)16)11(20-13)15-5-7-3-4-18-10(7)14-12(15)17;1-3-12-5-18-8(6(12)2)10(19-12)15-4-7(13)9(16)14-11(15)17;15-4-12-5-19-7(8(12)16)10(20-12)14-3-6-1-2-18-9(6)13-11(14)17;1-3-12-6-17-9(7(12)2)10(18-12)14-5-4-8(15)13-11(14)16/h8,11-12,14-15,17-20H,6-7,10,13H2,1-5H3,(H,24,27);1,6,8,10,12H,5,7H2,2-3H3,(H,15,17,18);3-5,8-11,16H,2,6H2,1H3,(H,14,17);4,6,8,10H,3,5H2,1-2H3,(H,14,16,17);1-3,7-10,15-16H,4-5H2,(H,13,17);4-5,7,9-10H,3,6H2,1-2H3,(H,13,15,16). The number of nitrogens with one attached hydrogen (secondary N) is 6. The summed E-state index contributed by atoms with van der Waals surface area (Å²) in [4.78, 5) is 118. The van der Waals surface area contributed by atoms with Crippen molar-refractivity contribution < 1.29 is 110 Å². The quantitative estimate of drug-likeness (QED) is 0.0339. The molecule has 12 fully saturated rings. The highest BCUT2D eigenvalue weighted by molar-refractivity contribution is 14.1. The van der Waals surface area contributed by atoms with Crippen LogP contribution in [0.25, 0.3) is 0 Å². The van der Waals surface area contributed by atoms with Crippen LogP contribution in [0.3, 0.4) is 0 Å². The Morgan fingerprint density at radius 2 is 0.900 bits per heavy atom. The predicted molar refractivity (Wildman–Crippen MR) is 460 cm³/mol. The molecule has 21 heterocycles. The lowest BCUT2D eigenvalue weighted by Crippen LogP contribution is -2.55. The molecule has 12 saturated heterocycles. The molecule has 18 aliphatic rings. The van der Waals surface area contributed by atoms with Crippen LogP contribution in [0.5, 0.6) is 0 Å². The SMILES string of the molecule is C#Cc1cn(C2OC3(CC)COC2C3C)c(=O)[nH]c1=O.CCC12COC(C(N3C=C4C=COC4NC3=O)O1)C2O.CCC12COC(C(N3C=C4C=COC4NC3=O)O1)C2OP(OCCC#N)N(C(C)C)C(C)C.CCC12COC(C(n3cc(I)c(=O)[nH]c3=O)O1)C2C.CCC12COC(C(n3ccc(=O)[nH]c3=O)O1)C2C.O=C1NC2OC=CC2=CN1C1OC2(CO)COC1C2O. The molecule has 28 atom stereocenters. The van der Waals surface area contributed by atoms with Gasteiger partial charge in [0.05, 0.1) is 105 Å². The van der Waals surface area contributed by atoms with Crippen molar-refractivity contribution in [2.45, 2.75) is 278 Å². The number of H-pyrrole nitrogens is 3. The zero-order valence-electron chi connectivity index (χ0n) is 73.6. The highest BCUT2D eigenvalue weighted by Gasteiger charge is 2.68. The van der Waals surface area contributed by atoms with Crippen LogP contribution < -0.4 is 49.7 Å². The smallest absolute Gasteiger partial charge is 0.330 e. The maximum atomic E-state index is 12.8. The van der Waals surface area contributed by atoms with Crippen LogP contribution in [-0.2, 0) is 80.1 Å². The summed E-state index contributed by atoms with van der Waals surface area (Å²) in [5, 5.41) is 47.0. The van der Waals surface area contributed by atoms with Crippen molar-refractivity contribution in [3.8, 4) is 18.4 Å². The molecule has 0 aromatic carbocycles. The van der Waals surface area contributed by atoms with Gasteiger partial charge in [-0.25, -0.2) is 33.4 Å². The number of aliphatic hydroxyl groups excluding tert-OH is 3. The van der Waals surface area contributed by atoms with Gasteiger partial charge < -0.3 is 95.4 Å². The number of aromatic amines is 3. The maximum Gasteiger partial charge on any atom is 0.330 e. The van der Waals surface area contributed by atoms with Gasteiger partial charge in [-0.2, -0.15) is 5.26 Å². The van der Waals surface area contributed by atoms with Crippen molar-refractivity contribution in [3.05, 3.63) is 169 Å². The molecule has 0 aliphatic carbocycles. The first kappa shape index (κ1) is 94.4. The molecule has 3 aromatic heterocycles. The van der Waals surface area contributed by atoms with E-state index >= 15 is 0 Å². The minimum atomic E-state index is -1.48. The van der Waals surface area contributed by atoms with E-state index in [0.717, 1.165) is 36.0 Å². The number of nitriles is 1. The summed E-state index contributed by atoms with van der Waals surface area (Å²) in [7, 11) is -1.48. The van der Waals surface area contributed by atoms with E-state index in [9.17, 15) is 58.5 Å². The molecule has 12 bridgehead atoms. The van der Waals surface area contributed by atoms with Gasteiger partial charge in [0.2, 0.25) is 18.7 Å². The Hall–Kier alpha value is -8.82. The maximum absolute atomic E-state index is 12.8. The van der Waals surface area contributed by atoms with Crippen LogP contribution in [0.4, 0.5) is 14.4 Å². The molecular formula is C85H110IN14O29P. The van der Waals surface area contributed by atoms with E-state index in [1.165, 1.54) is 59.3 Å². The number of nitrogens with zero attached hydrogens (tertiary/aromatic N) is 8. The minimum absolute atomic E-state index is 0.106. The van der Waals surface area contributed by atoms with E-state index in [2.05, 4.69) is 110 Å². The number of halogens is 1. The normalized spacial score (nSPS) is 38.5. The number of urea groups is 3. The third-order valence-electron chi connectivity index (χ3n) is 27.8. The number of hydrogen-bond donors (Lipinski definition) is 9. The highest BCUT2D eigenvalue weighted by Crippen LogP contribution is 2.57. The van der Waals surface area contributed by atoms with Gasteiger partial charge in [-0.1, -0.05) is 61.3 Å². The fraction of sp³-hybridized carbons (Fsp3) is 0.647. The number of fused-ring (bicyclic) bond motifs is 15. The van der Waals surface area contributed by atoms with Crippen molar-refractivity contribution in [1.29, 1.82) is 5.26 Å². The summed E-state index contributed by atoms with van der Waals surface area (Å²) in [6, 6.07) is 2.77. The fourth-order valence-electron chi connectivity index (χ4n) is 19.8. The molecule has 6 amide bonds. The topological polar surface area (TPSA) is 506 Å². The summed E-state index contributed by atoms with van der Waals surface area (Å²) in [5.74, 6) is 2.93. The molecule has 130 heavy (non-hydrogen) atoms.